The largest absolute Gasteiger partial charge is 0.322 e. The van der Waals surface area contributed by atoms with Gasteiger partial charge < -0.3 is 10.2 Å². The van der Waals surface area contributed by atoms with E-state index < -0.39 is 0 Å². The van der Waals surface area contributed by atoms with Gasteiger partial charge in [0.2, 0.25) is 5.91 Å². The monoisotopic (exact) mass is 349 g/mol. The van der Waals surface area contributed by atoms with Crippen molar-refractivity contribution in [1.29, 1.82) is 0 Å². The van der Waals surface area contributed by atoms with E-state index in [4.69, 9.17) is 0 Å². The van der Waals surface area contributed by atoms with Gasteiger partial charge in [0.15, 0.2) is 5.65 Å². The molecule has 0 unspecified atom stereocenters. The number of rotatable bonds is 2. The molecule has 0 saturated heterocycles. The Balaban J connectivity index is 1.59. The number of carbonyl (C=O) groups excluding carboxylic acids is 2. The molecule has 0 spiro atoms. The van der Waals surface area contributed by atoms with E-state index in [1.165, 1.54) is 0 Å². The van der Waals surface area contributed by atoms with Crippen molar-refractivity contribution in [2.24, 2.45) is 7.05 Å². The van der Waals surface area contributed by atoms with Gasteiger partial charge in [-0.25, -0.2) is 4.98 Å². The first-order valence-electron chi connectivity index (χ1n) is 8.46. The number of aromatic nitrogens is 3. The van der Waals surface area contributed by atoms with Crippen LogP contribution in [0, 0.1) is 6.92 Å². The van der Waals surface area contributed by atoms with Gasteiger partial charge in [0, 0.05) is 43.5 Å². The number of nitrogens with zero attached hydrogens (tertiary/aromatic N) is 4. The Hall–Kier alpha value is -3.22. The van der Waals surface area contributed by atoms with Crippen LogP contribution in [-0.4, -0.2) is 33.1 Å². The van der Waals surface area contributed by atoms with Crippen LogP contribution in [0.1, 0.15) is 28.5 Å². The molecule has 1 aliphatic rings. The third kappa shape index (κ3) is 2.61. The Bertz CT molecular complexity index is 1050. The van der Waals surface area contributed by atoms with Gasteiger partial charge in [-0.3, -0.25) is 14.3 Å². The molecule has 0 fully saturated rings. The van der Waals surface area contributed by atoms with Crippen LogP contribution >= 0.6 is 0 Å². The maximum Gasteiger partial charge on any atom is 0.257 e. The van der Waals surface area contributed by atoms with Crippen LogP contribution in [0.25, 0.3) is 11.0 Å². The number of anilines is 2. The van der Waals surface area contributed by atoms with Crippen LogP contribution in [0.4, 0.5) is 11.4 Å². The zero-order chi connectivity index (χ0) is 18.4. The fraction of sp³-hybridized carbons (Fsp3) is 0.263. The van der Waals surface area contributed by atoms with E-state index >= 15 is 0 Å². The van der Waals surface area contributed by atoms with E-state index in [1.807, 2.05) is 38.2 Å². The van der Waals surface area contributed by atoms with Crippen molar-refractivity contribution in [2.45, 2.75) is 20.3 Å². The van der Waals surface area contributed by atoms with Gasteiger partial charge in [-0.05, 0) is 43.2 Å². The molecule has 7 heteroatoms. The minimum atomic E-state index is -0.218. The molecule has 0 aliphatic carbocycles. The summed E-state index contributed by atoms with van der Waals surface area (Å²) in [4.78, 5) is 30.3. The fourth-order valence-electron chi connectivity index (χ4n) is 3.44. The lowest BCUT2D eigenvalue weighted by Gasteiger charge is -2.15. The highest BCUT2D eigenvalue weighted by molar-refractivity contribution is 6.06. The molecule has 2 aromatic heterocycles. The van der Waals surface area contributed by atoms with Gasteiger partial charge in [0.05, 0.1) is 11.3 Å². The number of carbonyl (C=O) groups is 2. The Morgan fingerprint density at radius 1 is 1.23 bits per heavy atom. The Labute approximate surface area is 150 Å². The SMILES string of the molecule is CC(=O)N1CCc2cc(NC(=O)c3cnc4c(c3)c(C)nn4C)ccc21. The first kappa shape index (κ1) is 16.3. The lowest BCUT2D eigenvalue weighted by molar-refractivity contribution is -0.116. The summed E-state index contributed by atoms with van der Waals surface area (Å²) in [6.07, 6.45) is 2.35. The van der Waals surface area contributed by atoms with Crippen LogP contribution in [0.15, 0.2) is 30.5 Å². The van der Waals surface area contributed by atoms with E-state index in [2.05, 4.69) is 15.4 Å². The number of hydrogen-bond donors (Lipinski definition) is 1. The molecule has 0 bridgehead atoms. The topological polar surface area (TPSA) is 80.1 Å². The summed E-state index contributed by atoms with van der Waals surface area (Å²) in [6.45, 7) is 4.14. The van der Waals surface area contributed by atoms with E-state index in [0.29, 0.717) is 17.8 Å². The molecule has 4 rings (SSSR count). The fourth-order valence-corrected chi connectivity index (χ4v) is 3.44. The van der Waals surface area contributed by atoms with Gasteiger partial charge >= 0.3 is 0 Å². The predicted octanol–water partition coefficient (Wildman–Crippen LogP) is 2.44. The lowest BCUT2D eigenvalue weighted by Crippen LogP contribution is -2.25. The Morgan fingerprint density at radius 2 is 2.04 bits per heavy atom. The summed E-state index contributed by atoms with van der Waals surface area (Å²) in [5.74, 6) is -0.184. The zero-order valence-corrected chi connectivity index (χ0v) is 14.9. The van der Waals surface area contributed by atoms with E-state index in [0.717, 1.165) is 34.4 Å². The number of hydrogen-bond acceptors (Lipinski definition) is 4. The van der Waals surface area contributed by atoms with Crippen molar-refractivity contribution < 1.29 is 9.59 Å². The van der Waals surface area contributed by atoms with Gasteiger partial charge in [0.1, 0.15) is 0 Å². The molecule has 2 amide bonds. The normalized spacial score (nSPS) is 13.1. The summed E-state index contributed by atoms with van der Waals surface area (Å²) < 4.78 is 1.70. The molecule has 3 aromatic rings. The van der Waals surface area contributed by atoms with Crippen LogP contribution in [-0.2, 0) is 18.3 Å². The third-order valence-corrected chi connectivity index (χ3v) is 4.74. The Morgan fingerprint density at radius 3 is 2.81 bits per heavy atom. The molecule has 3 heterocycles. The molecule has 1 aromatic carbocycles. The number of aryl methyl sites for hydroxylation is 2. The van der Waals surface area contributed by atoms with Crippen LogP contribution < -0.4 is 10.2 Å². The standard InChI is InChI=1S/C19H19N5O2/c1-11-16-9-14(10-20-18(16)23(3)22-11)19(26)21-15-4-5-17-13(8-15)6-7-24(17)12(2)25/h4-5,8-10H,6-7H2,1-3H3,(H,21,26). The van der Waals surface area contributed by atoms with Gasteiger partial charge in [-0.2, -0.15) is 5.10 Å². The number of amides is 2. The van der Waals surface area contributed by atoms with Crippen molar-refractivity contribution in [1.82, 2.24) is 14.8 Å². The number of fused-ring (bicyclic) bond motifs is 2. The molecule has 1 aliphatic heterocycles. The number of pyridine rings is 1. The molecule has 0 radical (unpaired) electrons. The lowest BCUT2D eigenvalue weighted by atomic mass is 10.1. The predicted molar refractivity (Wildman–Crippen MR) is 99.4 cm³/mol. The molecule has 7 nitrogen and oxygen atoms in total. The molecular weight excluding hydrogens is 330 g/mol. The second kappa shape index (κ2) is 5.94. The summed E-state index contributed by atoms with van der Waals surface area (Å²) in [5.41, 5.74) is 4.77. The third-order valence-electron chi connectivity index (χ3n) is 4.74. The average molecular weight is 349 g/mol. The van der Waals surface area contributed by atoms with Crippen molar-refractivity contribution in [3.8, 4) is 0 Å². The van der Waals surface area contributed by atoms with E-state index in [-0.39, 0.29) is 11.8 Å². The van der Waals surface area contributed by atoms with Crippen molar-refractivity contribution in [3.05, 3.63) is 47.3 Å². The quantitative estimate of drug-likeness (QED) is 0.771. The van der Waals surface area contributed by atoms with E-state index in [9.17, 15) is 9.59 Å². The van der Waals surface area contributed by atoms with Crippen molar-refractivity contribution >= 4 is 34.2 Å². The number of nitrogens with one attached hydrogen (secondary N) is 1. The van der Waals surface area contributed by atoms with E-state index in [1.54, 1.807) is 22.7 Å². The molecule has 26 heavy (non-hydrogen) atoms. The summed E-state index contributed by atoms with van der Waals surface area (Å²) >= 11 is 0. The zero-order valence-electron chi connectivity index (χ0n) is 14.9. The van der Waals surface area contributed by atoms with Gasteiger partial charge in [0.25, 0.3) is 5.91 Å². The summed E-state index contributed by atoms with van der Waals surface area (Å²) in [6, 6.07) is 7.44. The maximum absolute atomic E-state index is 12.6. The molecule has 1 N–H and O–H groups in total. The highest BCUT2D eigenvalue weighted by Crippen LogP contribution is 2.30. The molecule has 0 saturated carbocycles. The minimum absolute atomic E-state index is 0.0340. The molecule has 132 valence electrons. The first-order chi connectivity index (χ1) is 12.4. The smallest absolute Gasteiger partial charge is 0.257 e. The highest BCUT2D eigenvalue weighted by atomic mass is 16.2. The second-order valence-corrected chi connectivity index (χ2v) is 6.52. The average Bonchev–Trinajstić information content (AvgIpc) is 3.15. The van der Waals surface area contributed by atoms with Crippen molar-refractivity contribution in [3.63, 3.8) is 0 Å². The number of benzene rings is 1. The minimum Gasteiger partial charge on any atom is -0.322 e. The van der Waals surface area contributed by atoms with Crippen LogP contribution in [0.3, 0.4) is 0 Å². The van der Waals surface area contributed by atoms with Crippen LogP contribution in [0.5, 0.6) is 0 Å². The first-order valence-corrected chi connectivity index (χ1v) is 8.46. The van der Waals surface area contributed by atoms with Crippen molar-refractivity contribution in [2.75, 3.05) is 16.8 Å². The highest BCUT2D eigenvalue weighted by Gasteiger charge is 2.22. The molecule has 0 atom stereocenters. The van der Waals surface area contributed by atoms with Gasteiger partial charge in [-0.1, -0.05) is 0 Å². The summed E-state index contributed by atoms with van der Waals surface area (Å²) in [7, 11) is 1.83. The van der Waals surface area contributed by atoms with Crippen LogP contribution in [0.2, 0.25) is 0 Å². The molecular formula is C19H19N5O2. The summed E-state index contributed by atoms with van der Waals surface area (Å²) in [5, 5.41) is 8.11. The second-order valence-electron chi connectivity index (χ2n) is 6.52. The van der Waals surface area contributed by atoms with Gasteiger partial charge in [-0.15, -0.1) is 0 Å². The Kier molecular flexibility index (Phi) is 3.72. The maximum atomic E-state index is 12.6.